The van der Waals surface area contributed by atoms with E-state index in [1.54, 1.807) is 6.20 Å². The van der Waals surface area contributed by atoms with Crippen molar-refractivity contribution >= 4 is 10.8 Å². The van der Waals surface area contributed by atoms with Gasteiger partial charge in [0, 0.05) is 10.8 Å². The molecule has 1 heterocycles. The second kappa shape index (κ2) is 2.48. The lowest BCUT2D eigenvalue weighted by Gasteiger charge is -1.96. The Morgan fingerprint density at radius 3 is 2.75 bits per heavy atom. The molecule has 0 aliphatic heterocycles. The van der Waals surface area contributed by atoms with Crippen LogP contribution in [0.3, 0.4) is 0 Å². The van der Waals surface area contributed by atoms with E-state index in [0.29, 0.717) is 5.75 Å². The van der Waals surface area contributed by atoms with Crippen LogP contribution in [0.15, 0.2) is 36.7 Å². The maximum Gasteiger partial charge on any atom is 0.211 e. The summed E-state index contributed by atoms with van der Waals surface area (Å²) in [4.78, 5) is 0. The Morgan fingerprint density at radius 1 is 1.17 bits per heavy atom. The fourth-order valence-corrected chi connectivity index (χ4v) is 1.36. The van der Waals surface area contributed by atoms with Gasteiger partial charge in [-0.25, -0.2) is 4.57 Å². The van der Waals surface area contributed by atoms with Gasteiger partial charge in [0.2, 0.25) is 6.20 Å². The van der Waals surface area contributed by atoms with Gasteiger partial charge in [0.1, 0.15) is 7.05 Å². The quantitative estimate of drug-likeness (QED) is 0.578. The average molecular weight is 160 g/mol. The molecule has 0 saturated heterocycles. The van der Waals surface area contributed by atoms with Gasteiger partial charge in [-0.15, -0.1) is 0 Å². The first-order valence-electron chi connectivity index (χ1n) is 3.84. The minimum Gasteiger partial charge on any atom is -0.502 e. The molecule has 0 spiro atoms. The molecule has 0 bridgehead atoms. The van der Waals surface area contributed by atoms with Gasteiger partial charge in [-0.3, -0.25) is 0 Å². The Hall–Kier alpha value is -1.57. The molecule has 0 aliphatic carbocycles. The highest BCUT2D eigenvalue weighted by atomic mass is 16.3. The molecule has 0 unspecified atom stereocenters. The molecule has 2 rings (SSSR count). The molecule has 0 saturated carbocycles. The molecule has 0 atom stereocenters. The van der Waals surface area contributed by atoms with Crippen LogP contribution in [-0.4, -0.2) is 5.11 Å². The van der Waals surface area contributed by atoms with Gasteiger partial charge in [0.15, 0.2) is 11.9 Å². The van der Waals surface area contributed by atoms with Gasteiger partial charge < -0.3 is 5.11 Å². The highest BCUT2D eigenvalue weighted by molar-refractivity contribution is 5.85. The minimum absolute atomic E-state index is 0.329. The predicted octanol–water partition coefficient (Wildman–Crippen LogP) is 1.37. The summed E-state index contributed by atoms with van der Waals surface area (Å²) in [5.41, 5.74) is 0. The lowest BCUT2D eigenvalue weighted by atomic mass is 10.2. The van der Waals surface area contributed by atoms with Crippen LogP contribution in [0, 0.1) is 0 Å². The Bertz CT molecular complexity index is 423. The average Bonchev–Trinajstić information content (AvgIpc) is 2.04. The van der Waals surface area contributed by atoms with Gasteiger partial charge >= 0.3 is 0 Å². The zero-order valence-electron chi connectivity index (χ0n) is 6.86. The fourth-order valence-electron chi connectivity index (χ4n) is 1.36. The Morgan fingerprint density at radius 2 is 1.92 bits per heavy atom. The summed E-state index contributed by atoms with van der Waals surface area (Å²) in [5, 5.41) is 11.5. The van der Waals surface area contributed by atoms with Crippen molar-refractivity contribution in [2.45, 2.75) is 0 Å². The van der Waals surface area contributed by atoms with E-state index in [-0.39, 0.29) is 0 Å². The van der Waals surface area contributed by atoms with Crippen LogP contribution in [0.25, 0.3) is 10.8 Å². The van der Waals surface area contributed by atoms with Crippen molar-refractivity contribution in [1.82, 2.24) is 0 Å². The van der Waals surface area contributed by atoms with Crippen LogP contribution >= 0.6 is 0 Å². The molecule has 2 nitrogen and oxygen atoms in total. The van der Waals surface area contributed by atoms with Gasteiger partial charge in [-0.1, -0.05) is 18.2 Å². The zero-order valence-corrected chi connectivity index (χ0v) is 6.86. The van der Waals surface area contributed by atoms with E-state index in [2.05, 4.69) is 0 Å². The Labute approximate surface area is 70.7 Å². The van der Waals surface area contributed by atoms with Crippen LogP contribution in [0.2, 0.25) is 0 Å². The molecule has 0 amide bonds. The Kier molecular flexibility index (Phi) is 1.47. The van der Waals surface area contributed by atoms with Crippen molar-refractivity contribution in [3.8, 4) is 5.75 Å². The van der Waals surface area contributed by atoms with Gasteiger partial charge in [0.05, 0.1) is 0 Å². The number of aryl methyl sites for hydroxylation is 1. The van der Waals surface area contributed by atoms with Crippen molar-refractivity contribution in [2.75, 3.05) is 0 Å². The van der Waals surface area contributed by atoms with Gasteiger partial charge in [-0.05, 0) is 6.07 Å². The summed E-state index contributed by atoms with van der Waals surface area (Å²) in [6, 6.07) is 7.77. The topological polar surface area (TPSA) is 24.1 Å². The first-order valence-corrected chi connectivity index (χ1v) is 3.84. The fraction of sp³-hybridized carbons (Fsp3) is 0.100. The lowest BCUT2D eigenvalue weighted by molar-refractivity contribution is -0.670. The number of fused-ring (bicyclic) bond motifs is 1. The van der Waals surface area contributed by atoms with Crippen molar-refractivity contribution in [1.29, 1.82) is 0 Å². The molecule has 1 aromatic carbocycles. The molecule has 1 N–H and O–H groups in total. The van der Waals surface area contributed by atoms with Crippen molar-refractivity contribution < 1.29 is 9.67 Å². The third kappa shape index (κ3) is 1.01. The SMILES string of the molecule is C[n+]1cc(O)c2ccccc2c1. The van der Waals surface area contributed by atoms with Gasteiger partial charge in [0.25, 0.3) is 0 Å². The number of benzene rings is 1. The molecule has 0 aliphatic rings. The first-order chi connectivity index (χ1) is 5.77. The summed E-state index contributed by atoms with van der Waals surface area (Å²) in [7, 11) is 1.90. The monoisotopic (exact) mass is 160 g/mol. The summed E-state index contributed by atoms with van der Waals surface area (Å²) in [5.74, 6) is 0.329. The number of hydrogen-bond donors (Lipinski definition) is 1. The van der Waals surface area contributed by atoms with E-state index in [1.165, 1.54) is 0 Å². The number of pyridine rings is 1. The van der Waals surface area contributed by atoms with Crippen molar-refractivity contribution in [2.24, 2.45) is 7.05 Å². The third-order valence-corrected chi connectivity index (χ3v) is 1.91. The standard InChI is InChI=1S/C10H9NO/c1-11-6-8-4-2-3-5-9(8)10(12)7-11/h2-7H,1H3/p+1. The number of aromatic nitrogens is 1. The molecule has 0 fully saturated rings. The first kappa shape index (κ1) is 7.10. The molecular formula is C10H10NO+. The van der Waals surface area contributed by atoms with Crippen molar-refractivity contribution in [3.63, 3.8) is 0 Å². The highest BCUT2D eigenvalue weighted by Gasteiger charge is 2.03. The zero-order chi connectivity index (χ0) is 8.55. The largest absolute Gasteiger partial charge is 0.502 e. The summed E-state index contributed by atoms with van der Waals surface area (Å²) in [6.45, 7) is 0. The lowest BCUT2D eigenvalue weighted by Crippen LogP contribution is -2.25. The third-order valence-electron chi connectivity index (χ3n) is 1.91. The van der Waals surface area contributed by atoms with Crippen LogP contribution in [-0.2, 0) is 7.05 Å². The van der Waals surface area contributed by atoms with E-state index in [4.69, 9.17) is 0 Å². The van der Waals surface area contributed by atoms with E-state index in [0.717, 1.165) is 10.8 Å². The molecule has 2 aromatic rings. The van der Waals surface area contributed by atoms with Crippen LogP contribution < -0.4 is 4.57 Å². The molecule has 1 aromatic heterocycles. The normalized spacial score (nSPS) is 10.4. The van der Waals surface area contributed by atoms with Crippen LogP contribution in [0.4, 0.5) is 0 Å². The highest BCUT2D eigenvalue weighted by Crippen LogP contribution is 2.20. The van der Waals surface area contributed by atoms with Crippen LogP contribution in [0.1, 0.15) is 0 Å². The number of nitrogens with zero attached hydrogens (tertiary/aromatic N) is 1. The number of aromatic hydroxyl groups is 1. The molecule has 0 radical (unpaired) electrons. The van der Waals surface area contributed by atoms with E-state index in [1.807, 2.05) is 42.1 Å². The van der Waals surface area contributed by atoms with E-state index < -0.39 is 0 Å². The maximum absolute atomic E-state index is 9.53. The Balaban J connectivity index is 2.89. The predicted molar refractivity (Wildman–Crippen MR) is 46.8 cm³/mol. The molecule has 2 heteroatoms. The summed E-state index contributed by atoms with van der Waals surface area (Å²) in [6.07, 6.45) is 3.68. The van der Waals surface area contributed by atoms with Gasteiger partial charge in [-0.2, -0.15) is 0 Å². The summed E-state index contributed by atoms with van der Waals surface area (Å²) < 4.78 is 1.84. The van der Waals surface area contributed by atoms with Crippen LogP contribution in [0.5, 0.6) is 5.75 Å². The maximum atomic E-state index is 9.53. The number of hydrogen-bond acceptors (Lipinski definition) is 1. The second-order valence-corrected chi connectivity index (χ2v) is 2.90. The van der Waals surface area contributed by atoms with E-state index in [9.17, 15) is 5.11 Å². The second-order valence-electron chi connectivity index (χ2n) is 2.90. The minimum atomic E-state index is 0.329. The van der Waals surface area contributed by atoms with Crippen molar-refractivity contribution in [3.05, 3.63) is 36.7 Å². The molecule has 60 valence electrons. The number of rotatable bonds is 0. The molecular weight excluding hydrogens is 150 g/mol. The molecule has 12 heavy (non-hydrogen) atoms. The summed E-state index contributed by atoms with van der Waals surface area (Å²) >= 11 is 0. The smallest absolute Gasteiger partial charge is 0.211 e. The van der Waals surface area contributed by atoms with E-state index >= 15 is 0 Å².